The van der Waals surface area contributed by atoms with E-state index in [0.29, 0.717) is 5.56 Å². The molecule has 0 unspecified atom stereocenters. The lowest BCUT2D eigenvalue weighted by Gasteiger charge is -2.12. The lowest BCUT2D eigenvalue weighted by Crippen LogP contribution is -2.04. The first-order chi connectivity index (χ1) is 10.2. The third-order valence-electron chi connectivity index (χ3n) is 3.65. The number of carbonyl (C=O) groups excluding carboxylic acids is 1. The number of benzene rings is 3. The molecule has 21 heavy (non-hydrogen) atoms. The summed E-state index contributed by atoms with van der Waals surface area (Å²) in [5.74, 6) is -0.302. The predicted molar refractivity (Wildman–Crippen MR) is 85.5 cm³/mol. The van der Waals surface area contributed by atoms with Crippen LogP contribution in [0.15, 0.2) is 60.7 Å². The molecule has 0 saturated heterocycles. The highest BCUT2D eigenvalue weighted by molar-refractivity contribution is 6.10. The zero-order valence-corrected chi connectivity index (χ0v) is 12.1. The SMILES string of the molecule is COC(=O)c1c(-c2cccc(C)c2)ccc2ccccc12. The molecule has 0 saturated carbocycles. The first-order valence-electron chi connectivity index (χ1n) is 6.88. The molecule has 104 valence electrons. The van der Waals surface area contributed by atoms with Crippen LogP contribution in [0, 0.1) is 6.92 Å². The van der Waals surface area contributed by atoms with E-state index in [1.165, 1.54) is 7.11 Å². The fourth-order valence-corrected chi connectivity index (χ4v) is 2.65. The van der Waals surface area contributed by atoms with E-state index in [1.54, 1.807) is 0 Å². The summed E-state index contributed by atoms with van der Waals surface area (Å²) >= 11 is 0. The maximum absolute atomic E-state index is 12.3. The van der Waals surface area contributed by atoms with Crippen molar-refractivity contribution >= 4 is 16.7 Å². The molecule has 3 aromatic rings. The van der Waals surface area contributed by atoms with Crippen LogP contribution < -0.4 is 0 Å². The van der Waals surface area contributed by atoms with Crippen LogP contribution in [0.5, 0.6) is 0 Å². The number of aryl methyl sites for hydroxylation is 1. The molecule has 0 aromatic heterocycles. The van der Waals surface area contributed by atoms with Crippen LogP contribution >= 0.6 is 0 Å². The molecule has 0 radical (unpaired) electrons. The lowest BCUT2D eigenvalue weighted by molar-refractivity contribution is 0.0604. The van der Waals surface area contributed by atoms with Crippen LogP contribution in [-0.4, -0.2) is 13.1 Å². The summed E-state index contributed by atoms with van der Waals surface area (Å²) in [5.41, 5.74) is 3.73. The van der Waals surface area contributed by atoms with Crippen LogP contribution in [0.25, 0.3) is 21.9 Å². The van der Waals surface area contributed by atoms with Gasteiger partial charge in [-0.1, -0.05) is 66.2 Å². The summed E-state index contributed by atoms with van der Waals surface area (Å²) < 4.78 is 5.00. The zero-order chi connectivity index (χ0) is 14.8. The maximum Gasteiger partial charge on any atom is 0.339 e. The number of hydrogen-bond donors (Lipinski definition) is 0. The second-order valence-electron chi connectivity index (χ2n) is 5.07. The number of esters is 1. The van der Waals surface area contributed by atoms with Gasteiger partial charge in [-0.2, -0.15) is 0 Å². The number of ether oxygens (including phenoxy) is 1. The van der Waals surface area contributed by atoms with Crippen molar-refractivity contribution in [2.45, 2.75) is 6.92 Å². The van der Waals surface area contributed by atoms with Gasteiger partial charge in [0, 0.05) is 0 Å². The van der Waals surface area contributed by atoms with E-state index < -0.39 is 0 Å². The Balaban J connectivity index is 2.34. The fraction of sp³-hybridized carbons (Fsp3) is 0.105. The molecular formula is C19H16O2. The van der Waals surface area contributed by atoms with E-state index >= 15 is 0 Å². The van der Waals surface area contributed by atoms with Crippen LogP contribution in [0.4, 0.5) is 0 Å². The molecular weight excluding hydrogens is 260 g/mol. The Morgan fingerprint density at radius 2 is 1.76 bits per heavy atom. The Morgan fingerprint density at radius 1 is 0.952 bits per heavy atom. The molecule has 3 aromatic carbocycles. The highest BCUT2D eigenvalue weighted by atomic mass is 16.5. The van der Waals surface area contributed by atoms with Gasteiger partial charge in [0.1, 0.15) is 0 Å². The average molecular weight is 276 g/mol. The highest BCUT2D eigenvalue weighted by Gasteiger charge is 2.17. The van der Waals surface area contributed by atoms with Gasteiger partial charge in [0.05, 0.1) is 12.7 Å². The molecule has 0 aliphatic heterocycles. The Morgan fingerprint density at radius 3 is 2.52 bits per heavy atom. The van der Waals surface area contributed by atoms with Crippen molar-refractivity contribution in [3.63, 3.8) is 0 Å². The number of methoxy groups -OCH3 is 1. The van der Waals surface area contributed by atoms with Crippen molar-refractivity contribution in [3.05, 3.63) is 71.8 Å². The van der Waals surface area contributed by atoms with Gasteiger partial charge in [-0.15, -0.1) is 0 Å². The monoisotopic (exact) mass is 276 g/mol. The molecule has 0 N–H and O–H groups in total. The first-order valence-corrected chi connectivity index (χ1v) is 6.88. The van der Waals surface area contributed by atoms with Crippen LogP contribution in [-0.2, 0) is 4.74 Å². The van der Waals surface area contributed by atoms with Crippen molar-refractivity contribution < 1.29 is 9.53 Å². The van der Waals surface area contributed by atoms with Crippen molar-refractivity contribution in [3.8, 4) is 11.1 Å². The molecule has 2 nitrogen and oxygen atoms in total. The van der Waals surface area contributed by atoms with E-state index in [0.717, 1.165) is 27.5 Å². The normalized spacial score (nSPS) is 10.6. The third kappa shape index (κ3) is 2.40. The Hall–Kier alpha value is -2.61. The van der Waals surface area contributed by atoms with Gasteiger partial charge in [-0.3, -0.25) is 0 Å². The zero-order valence-electron chi connectivity index (χ0n) is 12.1. The van der Waals surface area contributed by atoms with E-state index in [4.69, 9.17) is 4.74 Å². The number of carbonyl (C=O) groups is 1. The van der Waals surface area contributed by atoms with Crippen LogP contribution in [0.1, 0.15) is 15.9 Å². The molecule has 0 amide bonds. The van der Waals surface area contributed by atoms with E-state index in [1.807, 2.05) is 61.5 Å². The molecule has 2 heteroatoms. The van der Waals surface area contributed by atoms with Gasteiger partial charge in [-0.25, -0.2) is 4.79 Å². The lowest BCUT2D eigenvalue weighted by atomic mass is 9.93. The van der Waals surface area contributed by atoms with Gasteiger partial charge < -0.3 is 4.74 Å². The summed E-state index contributed by atoms with van der Waals surface area (Å²) in [6, 6.07) is 20.0. The molecule has 0 heterocycles. The van der Waals surface area contributed by atoms with Crippen molar-refractivity contribution in [1.29, 1.82) is 0 Å². The molecule has 0 bridgehead atoms. The van der Waals surface area contributed by atoms with Crippen LogP contribution in [0.2, 0.25) is 0 Å². The van der Waals surface area contributed by atoms with Gasteiger partial charge in [0.2, 0.25) is 0 Å². The third-order valence-corrected chi connectivity index (χ3v) is 3.65. The summed E-state index contributed by atoms with van der Waals surface area (Å²) in [7, 11) is 1.42. The highest BCUT2D eigenvalue weighted by Crippen LogP contribution is 2.31. The Kier molecular flexibility index (Phi) is 3.44. The van der Waals surface area contributed by atoms with E-state index in [-0.39, 0.29) is 5.97 Å². The molecule has 0 aliphatic carbocycles. The molecule has 0 atom stereocenters. The second kappa shape index (κ2) is 5.41. The quantitative estimate of drug-likeness (QED) is 0.639. The number of rotatable bonds is 2. The standard InChI is InChI=1S/C19H16O2/c1-13-6-5-8-15(12-13)17-11-10-14-7-3-4-9-16(14)18(17)19(20)21-2/h3-12H,1-2H3. The summed E-state index contributed by atoms with van der Waals surface area (Å²) in [6.07, 6.45) is 0. The topological polar surface area (TPSA) is 26.3 Å². The summed E-state index contributed by atoms with van der Waals surface area (Å²) in [6.45, 7) is 2.04. The predicted octanol–water partition coefficient (Wildman–Crippen LogP) is 4.60. The number of fused-ring (bicyclic) bond motifs is 1. The van der Waals surface area contributed by atoms with E-state index in [2.05, 4.69) is 6.07 Å². The van der Waals surface area contributed by atoms with E-state index in [9.17, 15) is 4.79 Å². The molecule has 0 spiro atoms. The molecule has 0 aliphatic rings. The Labute approximate surface area is 124 Å². The fourth-order valence-electron chi connectivity index (χ4n) is 2.65. The average Bonchev–Trinajstić information content (AvgIpc) is 2.53. The van der Waals surface area contributed by atoms with Gasteiger partial charge in [0.15, 0.2) is 0 Å². The van der Waals surface area contributed by atoms with Gasteiger partial charge in [-0.05, 0) is 28.8 Å². The second-order valence-corrected chi connectivity index (χ2v) is 5.07. The number of hydrogen-bond acceptors (Lipinski definition) is 2. The van der Waals surface area contributed by atoms with Gasteiger partial charge >= 0.3 is 5.97 Å². The van der Waals surface area contributed by atoms with Crippen molar-refractivity contribution in [1.82, 2.24) is 0 Å². The smallest absolute Gasteiger partial charge is 0.339 e. The minimum Gasteiger partial charge on any atom is -0.465 e. The molecule has 0 fully saturated rings. The Bertz CT molecular complexity index is 819. The first kappa shape index (κ1) is 13.4. The summed E-state index contributed by atoms with van der Waals surface area (Å²) in [4.78, 5) is 12.3. The summed E-state index contributed by atoms with van der Waals surface area (Å²) in [5, 5.41) is 1.96. The molecule has 3 rings (SSSR count). The minimum absolute atomic E-state index is 0.302. The van der Waals surface area contributed by atoms with Crippen LogP contribution in [0.3, 0.4) is 0 Å². The minimum atomic E-state index is -0.302. The van der Waals surface area contributed by atoms with Crippen molar-refractivity contribution in [2.75, 3.05) is 7.11 Å². The maximum atomic E-state index is 12.3. The van der Waals surface area contributed by atoms with Crippen molar-refractivity contribution in [2.24, 2.45) is 0 Å². The largest absolute Gasteiger partial charge is 0.465 e. The van der Waals surface area contributed by atoms with Gasteiger partial charge in [0.25, 0.3) is 0 Å².